The van der Waals surface area contributed by atoms with Gasteiger partial charge in [-0.2, -0.15) is 0 Å². The van der Waals surface area contributed by atoms with Gasteiger partial charge in [-0.1, -0.05) is 47.3 Å². The van der Waals surface area contributed by atoms with Crippen molar-refractivity contribution in [2.75, 3.05) is 26.2 Å². The number of nitrogens with one attached hydrogen (secondary N) is 1. The second-order valence-corrected chi connectivity index (χ2v) is 12.2. The molecule has 1 aliphatic carbocycles. The molecule has 4 heterocycles. The summed E-state index contributed by atoms with van der Waals surface area (Å²) in [4.78, 5) is 57.8. The van der Waals surface area contributed by atoms with Crippen LogP contribution in [0.4, 0.5) is 0 Å². The van der Waals surface area contributed by atoms with Gasteiger partial charge in [0.1, 0.15) is 29.8 Å². The molecule has 5 bridgehead atoms. The molecular weight excluding hydrogens is 570 g/mol. The van der Waals surface area contributed by atoms with Gasteiger partial charge in [-0.25, -0.2) is 0 Å². The van der Waals surface area contributed by atoms with Gasteiger partial charge in [0.25, 0.3) is 0 Å². The number of hydrogen-bond donors (Lipinski definition) is 2. The minimum absolute atomic E-state index is 0.0270. The number of cyclic esters (lactones) is 1. The van der Waals surface area contributed by atoms with Gasteiger partial charge in [0, 0.05) is 36.6 Å². The number of esters is 1. The fourth-order valence-corrected chi connectivity index (χ4v) is 7.64. The van der Waals surface area contributed by atoms with Gasteiger partial charge in [0.05, 0.1) is 12.5 Å². The van der Waals surface area contributed by atoms with E-state index in [1.165, 1.54) is 4.90 Å². The van der Waals surface area contributed by atoms with E-state index >= 15 is 0 Å². The molecular formula is C28H38BrN3O7. The van der Waals surface area contributed by atoms with Crippen molar-refractivity contribution >= 4 is 39.6 Å². The van der Waals surface area contributed by atoms with E-state index in [1.54, 1.807) is 13.0 Å². The van der Waals surface area contributed by atoms with E-state index in [4.69, 9.17) is 9.47 Å². The topological polar surface area (TPSA) is 125 Å². The Labute approximate surface area is 237 Å². The first-order valence-corrected chi connectivity index (χ1v) is 15.0. The Kier molecular flexibility index (Phi) is 8.49. The van der Waals surface area contributed by atoms with Crippen molar-refractivity contribution < 1.29 is 33.8 Å². The maximum atomic E-state index is 14.6. The van der Waals surface area contributed by atoms with Crippen molar-refractivity contribution in [3.63, 3.8) is 0 Å². The van der Waals surface area contributed by atoms with E-state index in [9.17, 15) is 24.3 Å². The van der Waals surface area contributed by atoms with Crippen molar-refractivity contribution in [3.05, 3.63) is 22.7 Å². The maximum absolute atomic E-state index is 14.6. The number of hydrogen-bond acceptors (Lipinski definition) is 7. The Morgan fingerprint density at radius 1 is 1.13 bits per heavy atom. The van der Waals surface area contributed by atoms with Gasteiger partial charge in [-0.15, -0.1) is 0 Å². The van der Waals surface area contributed by atoms with Gasteiger partial charge < -0.3 is 29.7 Å². The van der Waals surface area contributed by atoms with Crippen LogP contribution in [0.2, 0.25) is 0 Å². The van der Waals surface area contributed by atoms with E-state index in [1.807, 2.05) is 17.1 Å². The summed E-state index contributed by atoms with van der Waals surface area (Å²) in [6.45, 7) is 2.27. The lowest BCUT2D eigenvalue weighted by molar-refractivity contribution is -0.158. The van der Waals surface area contributed by atoms with Gasteiger partial charge in [-0.05, 0) is 38.7 Å². The van der Waals surface area contributed by atoms with Crippen LogP contribution in [-0.4, -0.2) is 94.7 Å². The van der Waals surface area contributed by atoms with Gasteiger partial charge in [-0.3, -0.25) is 19.2 Å². The number of halogens is 1. The first-order chi connectivity index (χ1) is 18.8. The molecule has 11 heteroatoms. The number of aliphatic hydroxyl groups is 1. The summed E-state index contributed by atoms with van der Waals surface area (Å²) < 4.78 is 12.8. The Balaban J connectivity index is 1.57. The predicted molar refractivity (Wildman–Crippen MR) is 144 cm³/mol. The van der Waals surface area contributed by atoms with E-state index in [-0.39, 0.29) is 43.5 Å². The van der Waals surface area contributed by atoms with Gasteiger partial charge in [0.15, 0.2) is 0 Å². The number of fused-ring (bicyclic) bond motifs is 2. The summed E-state index contributed by atoms with van der Waals surface area (Å²) in [6.07, 6.45) is 10.4. The van der Waals surface area contributed by atoms with Gasteiger partial charge >= 0.3 is 5.97 Å². The lowest BCUT2D eigenvalue weighted by atomic mass is 9.74. The zero-order chi connectivity index (χ0) is 27.7. The molecule has 3 fully saturated rings. The molecule has 0 aromatic rings. The molecule has 2 N–H and O–H groups in total. The Morgan fingerprint density at radius 3 is 2.64 bits per heavy atom. The quantitative estimate of drug-likeness (QED) is 0.369. The van der Waals surface area contributed by atoms with Crippen LogP contribution < -0.4 is 5.32 Å². The fraction of sp³-hybridized carbons (Fsp3) is 0.714. The Bertz CT molecular complexity index is 1060. The molecule has 1 spiro atoms. The number of amides is 3. The van der Waals surface area contributed by atoms with Gasteiger partial charge in [0.2, 0.25) is 17.7 Å². The Hall–Kier alpha value is -2.24. The third kappa shape index (κ3) is 5.17. The minimum atomic E-state index is -1.31. The van der Waals surface area contributed by atoms with Crippen LogP contribution in [0.3, 0.4) is 0 Å². The van der Waals surface area contributed by atoms with E-state index in [0.29, 0.717) is 30.3 Å². The molecule has 0 aromatic heterocycles. The summed E-state index contributed by atoms with van der Waals surface area (Å²) in [6, 6.07) is -0.928. The average molecular weight is 609 g/mol. The van der Waals surface area contributed by atoms with Crippen LogP contribution in [0.5, 0.6) is 0 Å². The second kappa shape index (κ2) is 11.7. The van der Waals surface area contributed by atoms with Crippen molar-refractivity contribution in [1.82, 2.24) is 15.1 Å². The smallest absolute Gasteiger partial charge is 0.313 e. The van der Waals surface area contributed by atoms with Crippen molar-refractivity contribution in [2.45, 2.75) is 88.2 Å². The third-order valence-corrected chi connectivity index (χ3v) is 9.38. The van der Waals surface area contributed by atoms with Crippen LogP contribution in [-0.2, 0) is 28.7 Å². The lowest BCUT2D eigenvalue weighted by Crippen LogP contribution is -2.58. The molecule has 39 heavy (non-hydrogen) atoms. The molecule has 0 aromatic carbocycles. The monoisotopic (exact) mass is 607 g/mol. The van der Waals surface area contributed by atoms with Crippen LogP contribution in [0.25, 0.3) is 0 Å². The fourth-order valence-electron chi connectivity index (χ4n) is 6.90. The molecule has 1 saturated carbocycles. The van der Waals surface area contributed by atoms with Crippen LogP contribution >= 0.6 is 15.9 Å². The number of nitrogens with zero attached hydrogens (tertiary/aromatic N) is 2. The highest BCUT2D eigenvalue weighted by Gasteiger charge is 2.75. The highest BCUT2D eigenvalue weighted by atomic mass is 79.9. The predicted octanol–water partition coefficient (Wildman–Crippen LogP) is 1.80. The first-order valence-electron chi connectivity index (χ1n) is 14.2. The molecule has 4 aliphatic heterocycles. The molecule has 2 saturated heterocycles. The van der Waals surface area contributed by atoms with Crippen LogP contribution in [0.1, 0.15) is 58.3 Å². The molecule has 10 nitrogen and oxygen atoms in total. The minimum Gasteiger partial charge on any atom is -0.460 e. The third-order valence-electron chi connectivity index (χ3n) is 8.70. The molecule has 214 valence electrons. The zero-order valence-corrected chi connectivity index (χ0v) is 23.9. The number of allylic oxidation sites excluding steroid dienone is 1. The number of ether oxygens (including phenoxy) is 2. The lowest BCUT2D eigenvalue weighted by Gasteiger charge is -2.40. The summed E-state index contributed by atoms with van der Waals surface area (Å²) in [7, 11) is 0. The molecule has 3 amide bonds. The van der Waals surface area contributed by atoms with Crippen LogP contribution in [0, 0.1) is 11.8 Å². The summed E-state index contributed by atoms with van der Waals surface area (Å²) in [5.41, 5.74) is -1.31. The number of rotatable bonds is 4. The van der Waals surface area contributed by atoms with Crippen molar-refractivity contribution in [2.24, 2.45) is 11.8 Å². The summed E-state index contributed by atoms with van der Waals surface area (Å²) in [5, 5.41) is 12.4. The van der Waals surface area contributed by atoms with E-state index in [0.717, 1.165) is 32.1 Å². The molecule has 5 aliphatic rings. The largest absolute Gasteiger partial charge is 0.460 e. The number of carbonyl (C=O) groups excluding carboxylic acids is 4. The van der Waals surface area contributed by atoms with E-state index < -0.39 is 41.7 Å². The molecule has 6 atom stereocenters. The van der Waals surface area contributed by atoms with Crippen LogP contribution in [0.15, 0.2) is 22.7 Å². The zero-order valence-electron chi connectivity index (χ0n) is 22.4. The van der Waals surface area contributed by atoms with Crippen molar-refractivity contribution in [3.8, 4) is 0 Å². The standard InChI is InChI=1S/C28H38BrN3O7/c1-17-16-30-20(34)11-6-3-7-12-31(18-9-4-2-5-10-18)26(36)24-28-15-19(29)23(39-28)21(27(37)38-17)22(28)25(35)32(24)13-8-14-33/h3,7,15,17-18,21-24,33H,2,4-6,8-14,16H2,1H3,(H,30,34)/b7-3-/t17-,21+,22-,23+,24+,28-/m1/s1. The molecule has 0 unspecified atom stereocenters. The highest BCUT2D eigenvalue weighted by molar-refractivity contribution is 9.11. The van der Waals surface area contributed by atoms with E-state index in [2.05, 4.69) is 21.2 Å². The highest BCUT2D eigenvalue weighted by Crippen LogP contribution is 2.59. The molecule has 0 radical (unpaired) electrons. The summed E-state index contributed by atoms with van der Waals surface area (Å²) in [5.74, 6) is -3.11. The second-order valence-electron chi connectivity index (χ2n) is 11.3. The number of aliphatic hydroxyl groups excluding tert-OH is 1. The van der Waals surface area contributed by atoms with Crippen molar-refractivity contribution in [1.29, 1.82) is 0 Å². The number of carbonyl (C=O) groups is 4. The first kappa shape index (κ1) is 28.3. The average Bonchev–Trinajstić information content (AvgIpc) is 3.51. The maximum Gasteiger partial charge on any atom is 0.313 e. The summed E-state index contributed by atoms with van der Waals surface area (Å²) >= 11 is 3.55. The Morgan fingerprint density at radius 2 is 1.90 bits per heavy atom. The number of likely N-dealkylation sites (tertiary alicyclic amines) is 1. The molecule has 5 rings (SSSR count). The normalized spacial score (nSPS) is 37.0. The SMILES string of the molecule is C[C@@H]1CNC(=O)CC/C=C\CN(C2CCCCC2)C(=O)[C@@H]2N(CCCO)C(=O)[C@H]3[C@H](C(=O)O1)[C@H]1O[C@@]23C=C1Br.